The zero-order chi connectivity index (χ0) is 12.3. The van der Waals surface area contributed by atoms with E-state index in [0.29, 0.717) is 6.04 Å². The first-order valence-electron chi connectivity index (χ1n) is 6.54. The molecule has 4 heteroatoms. The van der Waals surface area contributed by atoms with Crippen molar-refractivity contribution < 1.29 is 0 Å². The van der Waals surface area contributed by atoms with Crippen molar-refractivity contribution in [2.45, 2.75) is 51.7 Å². The smallest absolute Gasteiger partial charge is 0.107 e. The van der Waals surface area contributed by atoms with Crippen molar-refractivity contribution in [1.82, 2.24) is 15.2 Å². The molecule has 0 spiro atoms. The minimum Gasteiger partial charge on any atom is -0.309 e. The number of hydrogen-bond acceptors (Lipinski definition) is 4. The van der Waals surface area contributed by atoms with Crippen molar-refractivity contribution in [2.75, 3.05) is 13.1 Å². The van der Waals surface area contributed by atoms with Crippen LogP contribution in [0.3, 0.4) is 0 Å². The standard InChI is InChI=1S/C13H23N3S/c1-4-11-8-15-13(3,5-2)10-16(11)9-12-14-6-7-17-12/h6-7,11,15H,4-5,8-10H2,1-3H3. The molecule has 2 rings (SSSR count). The Hall–Kier alpha value is -0.450. The van der Waals surface area contributed by atoms with Gasteiger partial charge in [0.05, 0.1) is 6.54 Å². The van der Waals surface area contributed by atoms with Gasteiger partial charge >= 0.3 is 0 Å². The summed E-state index contributed by atoms with van der Waals surface area (Å²) in [6, 6.07) is 0.651. The summed E-state index contributed by atoms with van der Waals surface area (Å²) in [4.78, 5) is 7.01. The fourth-order valence-electron chi connectivity index (χ4n) is 2.46. The molecule has 1 fully saturated rings. The van der Waals surface area contributed by atoms with Crippen molar-refractivity contribution in [3.63, 3.8) is 0 Å². The van der Waals surface area contributed by atoms with E-state index in [-0.39, 0.29) is 5.54 Å². The monoisotopic (exact) mass is 253 g/mol. The van der Waals surface area contributed by atoms with E-state index in [1.54, 1.807) is 11.3 Å². The summed E-state index contributed by atoms with van der Waals surface area (Å²) in [7, 11) is 0. The Labute approximate surface area is 108 Å². The number of nitrogens with zero attached hydrogens (tertiary/aromatic N) is 2. The molecule has 1 aromatic heterocycles. The van der Waals surface area contributed by atoms with Crippen LogP contribution in [0.15, 0.2) is 11.6 Å². The highest BCUT2D eigenvalue weighted by atomic mass is 32.1. The van der Waals surface area contributed by atoms with Crippen LogP contribution >= 0.6 is 11.3 Å². The van der Waals surface area contributed by atoms with E-state index in [1.807, 2.05) is 6.20 Å². The lowest BCUT2D eigenvalue weighted by atomic mass is 9.93. The number of nitrogens with one attached hydrogen (secondary N) is 1. The van der Waals surface area contributed by atoms with E-state index in [1.165, 1.54) is 17.8 Å². The Morgan fingerprint density at radius 2 is 2.41 bits per heavy atom. The molecular weight excluding hydrogens is 230 g/mol. The highest BCUT2D eigenvalue weighted by Crippen LogP contribution is 2.22. The van der Waals surface area contributed by atoms with Crippen LogP contribution in [0.25, 0.3) is 0 Å². The van der Waals surface area contributed by atoms with E-state index >= 15 is 0 Å². The van der Waals surface area contributed by atoms with Crippen molar-refractivity contribution in [3.05, 3.63) is 16.6 Å². The molecule has 96 valence electrons. The number of hydrogen-bond donors (Lipinski definition) is 1. The van der Waals surface area contributed by atoms with E-state index in [4.69, 9.17) is 0 Å². The van der Waals surface area contributed by atoms with Gasteiger partial charge in [0.25, 0.3) is 0 Å². The van der Waals surface area contributed by atoms with Crippen LogP contribution in [0.5, 0.6) is 0 Å². The van der Waals surface area contributed by atoms with Gasteiger partial charge < -0.3 is 5.32 Å². The first-order valence-corrected chi connectivity index (χ1v) is 7.42. The summed E-state index contributed by atoms with van der Waals surface area (Å²) in [6.45, 7) is 10.1. The fraction of sp³-hybridized carbons (Fsp3) is 0.769. The number of aromatic nitrogens is 1. The van der Waals surface area contributed by atoms with Gasteiger partial charge in [0.2, 0.25) is 0 Å². The quantitative estimate of drug-likeness (QED) is 0.893. The molecule has 0 aromatic carbocycles. The third kappa shape index (κ3) is 3.06. The van der Waals surface area contributed by atoms with Gasteiger partial charge in [-0.25, -0.2) is 4.98 Å². The Morgan fingerprint density at radius 3 is 3.00 bits per heavy atom. The molecule has 3 nitrogen and oxygen atoms in total. The second kappa shape index (κ2) is 5.46. The molecule has 0 amide bonds. The molecule has 0 radical (unpaired) electrons. The van der Waals surface area contributed by atoms with E-state index in [9.17, 15) is 0 Å². The first kappa shape index (κ1) is 13.0. The van der Waals surface area contributed by atoms with Crippen LogP contribution in [0.1, 0.15) is 38.6 Å². The normalized spacial score (nSPS) is 30.6. The van der Waals surface area contributed by atoms with E-state index in [2.05, 4.69) is 41.4 Å². The largest absolute Gasteiger partial charge is 0.309 e. The number of rotatable bonds is 4. The second-order valence-electron chi connectivity index (χ2n) is 5.19. The summed E-state index contributed by atoms with van der Waals surface area (Å²) in [6.07, 6.45) is 4.29. The van der Waals surface area contributed by atoms with Crippen molar-refractivity contribution >= 4 is 11.3 Å². The van der Waals surface area contributed by atoms with Crippen LogP contribution in [0.2, 0.25) is 0 Å². The van der Waals surface area contributed by atoms with E-state index < -0.39 is 0 Å². The van der Waals surface area contributed by atoms with Crippen molar-refractivity contribution in [2.24, 2.45) is 0 Å². The molecule has 0 saturated carbocycles. The minimum atomic E-state index is 0.267. The average molecular weight is 253 g/mol. The molecule has 2 heterocycles. The molecule has 0 bridgehead atoms. The highest BCUT2D eigenvalue weighted by Gasteiger charge is 2.33. The minimum absolute atomic E-state index is 0.267. The molecule has 1 aliphatic rings. The first-order chi connectivity index (χ1) is 8.17. The zero-order valence-electron chi connectivity index (χ0n) is 11.1. The Morgan fingerprint density at radius 1 is 1.59 bits per heavy atom. The number of piperazine rings is 1. The second-order valence-corrected chi connectivity index (χ2v) is 6.17. The molecule has 1 aliphatic heterocycles. The summed E-state index contributed by atoms with van der Waals surface area (Å²) in [5.41, 5.74) is 0.267. The molecule has 17 heavy (non-hydrogen) atoms. The Bertz CT molecular complexity index is 338. The van der Waals surface area contributed by atoms with E-state index in [0.717, 1.165) is 19.6 Å². The lowest BCUT2D eigenvalue weighted by Crippen LogP contribution is -2.62. The Balaban J connectivity index is 2.05. The van der Waals surface area contributed by atoms with Crippen molar-refractivity contribution in [1.29, 1.82) is 0 Å². The maximum Gasteiger partial charge on any atom is 0.107 e. The van der Waals surface area contributed by atoms with Gasteiger partial charge in [-0.2, -0.15) is 0 Å². The highest BCUT2D eigenvalue weighted by molar-refractivity contribution is 7.09. The summed E-state index contributed by atoms with van der Waals surface area (Å²) in [5, 5.41) is 7.00. The topological polar surface area (TPSA) is 28.2 Å². The molecule has 0 aliphatic carbocycles. The Kier molecular flexibility index (Phi) is 4.17. The third-order valence-corrected chi connectivity index (χ3v) is 4.67. The molecule has 2 unspecified atom stereocenters. The maximum atomic E-state index is 4.41. The third-order valence-electron chi connectivity index (χ3n) is 3.91. The van der Waals surface area contributed by atoms with Crippen LogP contribution < -0.4 is 5.32 Å². The summed E-state index contributed by atoms with van der Waals surface area (Å²) < 4.78 is 0. The van der Waals surface area contributed by atoms with Crippen LogP contribution in [0, 0.1) is 0 Å². The lowest BCUT2D eigenvalue weighted by molar-refractivity contribution is 0.0754. The molecule has 1 saturated heterocycles. The molecular formula is C13H23N3S. The number of thiazole rings is 1. The summed E-state index contributed by atoms with van der Waals surface area (Å²) >= 11 is 1.76. The molecule has 2 atom stereocenters. The zero-order valence-corrected chi connectivity index (χ0v) is 11.9. The predicted molar refractivity (Wildman–Crippen MR) is 73.3 cm³/mol. The predicted octanol–water partition coefficient (Wildman–Crippen LogP) is 2.50. The average Bonchev–Trinajstić information content (AvgIpc) is 2.82. The lowest BCUT2D eigenvalue weighted by Gasteiger charge is -2.45. The maximum absolute atomic E-state index is 4.41. The van der Waals surface area contributed by atoms with Gasteiger partial charge in [0.15, 0.2) is 0 Å². The van der Waals surface area contributed by atoms with Gasteiger partial charge in [0, 0.05) is 36.2 Å². The van der Waals surface area contributed by atoms with Crippen LogP contribution in [-0.4, -0.2) is 34.6 Å². The molecule has 1 N–H and O–H groups in total. The molecule has 1 aromatic rings. The van der Waals surface area contributed by atoms with Gasteiger partial charge in [-0.05, 0) is 19.8 Å². The van der Waals surface area contributed by atoms with Gasteiger partial charge in [-0.1, -0.05) is 13.8 Å². The van der Waals surface area contributed by atoms with Gasteiger partial charge in [-0.3, -0.25) is 4.90 Å². The van der Waals surface area contributed by atoms with Crippen molar-refractivity contribution in [3.8, 4) is 0 Å². The van der Waals surface area contributed by atoms with Crippen LogP contribution in [0.4, 0.5) is 0 Å². The van der Waals surface area contributed by atoms with Gasteiger partial charge in [0.1, 0.15) is 5.01 Å². The summed E-state index contributed by atoms with van der Waals surface area (Å²) in [5.74, 6) is 0. The fourth-order valence-corrected chi connectivity index (χ4v) is 3.10. The van der Waals surface area contributed by atoms with Crippen LogP contribution in [-0.2, 0) is 6.54 Å². The van der Waals surface area contributed by atoms with Gasteiger partial charge in [-0.15, -0.1) is 11.3 Å². The SMILES string of the molecule is CCC1CNC(C)(CC)CN1Cc1nccs1.